The maximum Gasteiger partial charge on any atom is 0.244 e. The summed E-state index contributed by atoms with van der Waals surface area (Å²) in [6.45, 7) is 3.80. The molecule has 0 spiro atoms. The predicted octanol–water partition coefficient (Wildman–Crippen LogP) is 2.19. The van der Waals surface area contributed by atoms with Crippen LogP contribution in [0.2, 0.25) is 0 Å². The molecule has 1 saturated heterocycles. The van der Waals surface area contributed by atoms with E-state index in [9.17, 15) is 8.42 Å². The number of halogens is 2. The highest BCUT2D eigenvalue weighted by molar-refractivity contribution is 9.11. The molecular weight excluding hydrogens is 384 g/mol. The van der Waals surface area contributed by atoms with E-state index in [1.54, 1.807) is 22.5 Å². The second kappa shape index (κ2) is 5.58. The molecule has 4 nitrogen and oxygen atoms in total. The van der Waals surface area contributed by atoms with Crippen LogP contribution in [0.4, 0.5) is 0 Å². The van der Waals surface area contributed by atoms with Crippen LogP contribution >= 0.6 is 31.9 Å². The van der Waals surface area contributed by atoms with Crippen molar-refractivity contribution < 1.29 is 8.42 Å². The van der Waals surface area contributed by atoms with E-state index in [1.165, 1.54) is 0 Å². The third-order valence-electron chi connectivity index (χ3n) is 2.92. The number of sulfonamides is 1. The number of hydrogen-bond acceptors (Lipinski definition) is 3. The van der Waals surface area contributed by atoms with E-state index in [1.807, 2.05) is 6.92 Å². The van der Waals surface area contributed by atoms with E-state index >= 15 is 0 Å². The number of nitrogens with zero attached hydrogens (tertiary/aromatic N) is 1. The molecule has 1 aliphatic heterocycles. The molecule has 0 bridgehead atoms. The van der Waals surface area contributed by atoms with Crippen LogP contribution in [0.25, 0.3) is 0 Å². The van der Waals surface area contributed by atoms with E-state index in [0.717, 1.165) is 4.47 Å². The van der Waals surface area contributed by atoms with Gasteiger partial charge in [0.1, 0.15) is 0 Å². The highest BCUT2D eigenvalue weighted by Crippen LogP contribution is 2.29. The number of rotatable bonds is 2. The van der Waals surface area contributed by atoms with Gasteiger partial charge < -0.3 is 5.32 Å². The van der Waals surface area contributed by atoms with Gasteiger partial charge in [-0.3, -0.25) is 0 Å². The molecule has 7 heteroatoms. The molecule has 0 unspecified atom stereocenters. The van der Waals surface area contributed by atoms with Crippen LogP contribution in [0, 0.1) is 0 Å². The third-order valence-corrected chi connectivity index (χ3v) is 6.40. The summed E-state index contributed by atoms with van der Waals surface area (Å²) < 4.78 is 28.2. The minimum Gasteiger partial charge on any atom is -0.314 e. The Balaban J connectivity index is 2.41. The van der Waals surface area contributed by atoms with E-state index in [-0.39, 0.29) is 6.04 Å². The van der Waals surface area contributed by atoms with Crippen molar-refractivity contribution in [3.63, 3.8) is 0 Å². The molecule has 0 radical (unpaired) electrons. The first-order valence-electron chi connectivity index (χ1n) is 5.60. The van der Waals surface area contributed by atoms with Crippen LogP contribution in [0.15, 0.2) is 32.0 Å². The fraction of sp³-hybridized carbons (Fsp3) is 0.455. The molecule has 100 valence electrons. The van der Waals surface area contributed by atoms with Crippen molar-refractivity contribution in [2.75, 3.05) is 19.6 Å². The van der Waals surface area contributed by atoms with E-state index in [4.69, 9.17) is 0 Å². The number of hydrogen-bond donors (Lipinski definition) is 1. The molecule has 1 aliphatic rings. The van der Waals surface area contributed by atoms with Crippen molar-refractivity contribution in [1.82, 2.24) is 9.62 Å². The van der Waals surface area contributed by atoms with Crippen LogP contribution in [0.5, 0.6) is 0 Å². The Kier molecular flexibility index (Phi) is 4.48. The zero-order valence-corrected chi connectivity index (χ0v) is 13.8. The van der Waals surface area contributed by atoms with Gasteiger partial charge >= 0.3 is 0 Å². The molecule has 1 fully saturated rings. The smallest absolute Gasteiger partial charge is 0.244 e. The first-order chi connectivity index (χ1) is 8.43. The number of piperazine rings is 1. The summed E-state index contributed by atoms with van der Waals surface area (Å²) in [7, 11) is -3.43. The van der Waals surface area contributed by atoms with Crippen molar-refractivity contribution >= 4 is 41.9 Å². The minimum atomic E-state index is -3.43. The van der Waals surface area contributed by atoms with Gasteiger partial charge in [-0.15, -0.1) is 0 Å². The highest BCUT2D eigenvalue weighted by atomic mass is 79.9. The molecule has 0 saturated carbocycles. The van der Waals surface area contributed by atoms with E-state index in [2.05, 4.69) is 37.2 Å². The quantitative estimate of drug-likeness (QED) is 0.832. The summed E-state index contributed by atoms with van der Waals surface area (Å²) in [6.07, 6.45) is 0. The Bertz CT molecular complexity index is 548. The Morgan fingerprint density at radius 1 is 1.39 bits per heavy atom. The van der Waals surface area contributed by atoms with Crippen LogP contribution in [-0.4, -0.2) is 38.4 Å². The summed E-state index contributed by atoms with van der Waals surface area (Å²) in [5.74, 6) is 0. The van der Waals surface area contributed by atoms with Gasteiger partial charge in [-0.05, 0) is 41.1 Å². The number of nitrogens with one attached hydrogen (secondary N) is 1. The standard InChI is InChI=1S/C11H14Br2N2O2S/c1-8-7-14-4-5-15(8)18(16,17)11-3-2-9(12)6-10(11)13/h2-3,6,8,14H,4-5,7H2,1H3/t8-/m1/s1. The van der Waals surface area contributed by atoms with Gasteiger partial charge in [-0.25, -0.2) is 8.42 Å². The van der Waals surface area contributed by atoms with Crippen LogP contribution in [0.1, 0.15) is 6.92 Å². The van der Waals surface area contributed by atoms with Crippen LogP contribution in [0.3, 0.4) is 0 Å². The molecule has 1 aromatic rings. The molecular formula is C11H14Br2N2O2S. The molecule has 1 N–H and O–H groups in total. The zero-order valence-electron chi connectivity index (χ0n) is 9.86. The molecule has 1 atom stereocenters. The topological polar surface area (TPSA) is 49.4 Å². The van der Waals surface area contributed by atoms with Gasteiger partial charge in [-0.1, -0.05) is 15.9 Å². The maximum absolute atomic E-state index is 12.6. The van der Waals surface area contributed by atoms with Gasteiger partial charge in [-0.2, -0.15) is 4.31 Å². The SMILES string of the molecule is C[C@@H]1CNCCN1S(=O)(=O)c1ccc(Br)cc1Br. The average molecular weight is 398 g/mol. The third kappa shape index (κ3) is 2.80. The lowest BCUT2D eigenvalue weighted by atomic mass is 10.3. The fourth-order valence-electron chi connectivity index (χ4n) is 1.99. The van der Waals surface area contributed by atoms with Gasteiger partial charge in [0.25, 0.3) is 0 Å². The second-order valence-electron chi connectivity index (χ2n) is 4.24. The normalized spacial score (nSPS) is 22.1. The highest BCUT2D eigenvalue weighted by Gasteiger charge is 2.32. The lowest BCUT2D eigenvalue weighted by Crippen LogP contribution is -2.52. The summed E-state index contributed by atoms with van der Waals surface area (Å²) in [4.78, 5) is 0.319. The zero-order chi connectivity index (χ0) is 13.3. The van der Waals surface area contributed by atoms with Crippen LogP contribution < -0.4 is 5.32 Å². The Labute approximate surface area is 124 Å². The summed E-state index contributed by atoms with van der Waals surface area (Å²) in [5, 5.41) is 3.19. The Morgan fingerprint density at radius 2 is 2.11 bits per heavy atom. The molecule has 1 aromatic carbocycles. The second-order valence-corrected chi connectivity index (χ2v) is 7.87. The largest absolute Gasteiger partial charge is 0.314 e. The molecule has 18 heavy (non-hydrogen) atoms. The number of benzene rings is 1. The van der Waals surface area contributed by atoms with Crippen molar-refractivity contribution in [1.29, 1.82) is 0 Å². The molecule has 1 heterocycles. The summed E-state index contributed by atoms with van der Waals surface area (Å²) in [6, 6.07) is 5.09. The monoisotopic (exact) mass is 396 g/mol. The summed E-state index contributed by atoms with van der Waals surface area (Å²) in [5.41, 5.74) is 0. The van der Waals surface area contributed by atoms with E-state index < -0.39 is 10.0 Å². The molecule has 0 aromatic heterocycles. The maximum atomic E-state index is 12.6. The predicted molar refractivity (Wildman–Crippen MR) is 78.1 cm³/mol. The van der Waals surface area contributed by atoms with Crippen molar-refractivity contribution in [3.05, 3.63) is 27.1 Å². The van der Waals surface area contributed by atoms with Gasteiger partial charge in [0, 0.05) is 34.6 Å². The minimum absolute atomic E-state index is 0.0284. The van der Waals surface area contributed by atoms with Crippen molar-refractivity contribution in [3.8, 4) is 0 Å². The van der Waals surface area contributed by atoms with Crippen molar-refractivity contribution in [2.45, 2.75) is 17.9 Å². The first kappa shape index (κ1) is 14.5. The Hall–Kier alpha value is 0.0500. The molecule has 0 amide bonds. The van der Waals surface area contributed by atoms with Gasteiger partial charge in [0.2, 0.25) is 10.0 Å². The molecule has 2 rings (SSSR count). The lowest BCUT2D eigenvalue weighted by Gasteiger charge is -2.33. The van der Waals surface area contributed by atoms with E-state index in [0.29, 0.717) is 29.0 Å². The first-order valence-corrected chi connectivity index (χ1v) is 8.63. The lowest BCUT2D eigenvalue weighted by molar-refractivity contribution is 0.283. The average Bonchev–Trinajstić information content (AvgIpc) is 2.28. The van der Waals surface area contributed by atoms with Crippen LogP contribution in [-0.2, 0) is 10.0 Å². The van der Waals surface area contributed by atoms with Gasteiger partial charge in [0.15, 0.2) is 0 Å². The van der Waals surface area contributed by atoms with Gasteiger partial charge in [0.05, 0.1) is 4.90 Å². The van der Waals surface area contributed by atoms with Crippen molar-refractivity contribution in [2.24, 2.45) is 0 Å². The molecule has 0 aliphatic carbocycles. The fourth-order valence-corrected chi connectivity index (χ4v) is 5.33. The Morgan fingerprint density at radius 3 is 2.72 bits per heavy atom. The summed E-state index contributed by atoms with van der Waals surface area (Å²) >= 11 is 6.64.